The quantitative estimate of drug-likeness (QED) is 0.852. The molecule has 2 unspecified atom stereocenters. The Balaban J connectivity index is 1.72. The van der Waals surface area contributed by atoms with Gasteiger partial charge in [0.05, 0.1) is 5.56 Å². The van der Waals surface area contributed by atoms with E-state index in [1.165, 1.54) is 0 Å². The van der Waals surface area contributed by atoms with Crippen LogP contribution >= 0.6 is 12.3 Å². The maximum Gasteiger partial charge on any atom is 0.335 e. The molecule has 18 heavy (non-hydrogen) atoms. The van der Waals surface area contributed by atoms with Crippen LogP contribution in [0.3, 0.4) is 0 Å². The van der Waals surface area contributed by atoms with Gasteiger partial charge in [-0.15, -0.1) is 0 Å². The van der Waals surface area contributed by atoms with Crippen molar-refractivity contribution in [3.8, 4) is 0 Å². The molecule has 1 aliphatic carbocycles. The zero-order chi connectivity index (χ0) is 12.5. The third-order valence-electron chi connectivity index (χ3n) is 3.63. The summed E-state index contributed by atoms with van der Waals surface area (Å²) in [4.78, 5) is 11.1. The van der Waals surface area contributed by atoms with Gasteiger partial charge in [0.25, 0.3) is 0 Å². The summed E-state index contributed by atoms with van der Waals surface area (Å²) in [5.41, 5.74) is 1.31. The molecule has 1 heterocycles. The van der Waals surface area contributed by atoms with Crippen molar-refractivity contribution in [3.63, 3.8) is 0 Å². The Kier molecular flexibility index (Phi) is 3.28. The van der Waals surface area contributed by atoms with E-state index in [1.54, 1.807) is 12.1 Å². The van der Waals surface area contributed by atoms with Gasteiger partial charge >= 0.3 is 5.97 Å². The predicted octanol–water partition coefficient (Wildman–Crippen LogP) is 2.68. The van der Waals surface area contributed by atoms with Gasteiger partial charge in [-0.25, -0.2) is 4.79 Å². The third kappa shape index (κ3) is 2.25. The number of carboxylic acids is 1. The topological polar surface area (TPSA) is 55.8 Å². The van der Waals surface area contributed by atoms with Crippen LogP contribution < -0.4 is 0 Å². The highest BCUT2D eigenvalue weighted by atomic mass is 32.2. The average Bonchev–Trinajstić information content (AvgIpc) is 2.90. The fraction of sp³-hybridized carbons (Fsp3) is 0.462. The minimum Gasteiger partial charge on any atom is -0.478 e. The molecule has 2 aliphatic rings. The molecule has 4 nitrogen and oxygen atoms in total. The van der Waals surface area contributed by atoms with Crippen LogP contribution in [0.4, 0.5) is 0 Å². The smallest absolute Gasteiger partial charge is 0.335 e. The molecule has 2 atom stereocenters. The molecule has 3 rings (SSSR count). The summed E-state index contributed by atoms with van der Waals surface area (Å²) < 4.78 is 10.8. The molecular weight excluding hydrogens is 252 g/mol. The lowest BCUT2D eigenvalue weighted by atomic mass is 9.94. The molecule has 1 aromatic rings. The van der Waals surface area contributed by atoms with Crippen molar-refractivity contribution in [1.82, 2.24) is 0 Å². The Hall–Kier alpha value is -1.04. The zero-order valence-electron chi connectivity index (χ0n) is 9.74. The summed E-state index contributed by atoms with van der Waals surface area (Å²) in [6.07, 6.45) is 3.04. The first-order chi connectivity index (χ1) is 8.74. The lowest BCUT2D eigenvalue weighted by Gasteiger charge is -2.12. The number of rotatable bonds is 3. The van der Waals surface area contributed by atoms with E-state index in [4.69, 9.17) is 13.5 Å². The molecule has 1 saturated carbocycles. The second kappa shape index (κ2) is 4.91. The van der Waals surface area contributed by atoms with Crippen LogP contribution in [0, 0.1) is 5.92 Å². The van der Waals surface area contributed by atoms with Gasteiger partial charge in [0.1, 0.15) is 12.2 Å². The molecule has 2 fully saturated rings. The summed E-state index contributed by atoms with van der Waals surface area (Å²) in [5, 5.41) is 9.15. The Morgan fingerprint density at radius 1 is 1.28 bits per heavy atom. The van der Waals surface area contributed by atoms with E-state index in [9.17, 15) is 4.79 Å². The normalized spacial score (nSPS) is 30.3. The molecule has 0 spiro atoms. The first-order valence-electron chi connectivity index (χ1n) is 6.04. The van der Waals surface area contributed by atoms with Gasteiger partial charge in [0, 0.05) is 0 Å². The number of carbonyl (C=O) groups is 1. The number of aromatic carboxylic acids is 1. The van der Waals surface area contributed by atoms with Crippen LogP contribution in [0.5, 0.6) is 0 Å². The zero-order valence-corrected chi connectivity index (χ0v) is 10.6. The van der Waals surface area contributed by atoms with Gasteiger partial charge in [-0.2, -0.15) is 0 Å². The van der Waals surface area contributed by atoms with Gasteiger partial charge in [-0.3, -0.25) is 8.37 Å². The maximum atomic E-state index is 11.1. The van der Waals surface area contributed by atoms with Crippen molar-refractivity contribution in [1.29, 1.82) is 0 Å². The molecule has 0 radical (unpaired) electrons. The largest absolute Gasteiger partial charge is 0.478 e. The minimum absolute atomic E-state index is 0.178. The first-order valence-corrected chi connectivity index (χ1v) is 6.70. The van der Waals surface area contributed by atoms with E-state index < -0.39 is 5.97 Å². The molecule has 1 aliphatic heterocycles. The number of benzene rings is 1. The van der Waals surface area contributed by atoms with E-state index in [0.29, 0.717) is 11.5 Å². The summed E-state index contributed by atoms with van der Waals surface area (Å²) in [6.45, 7) is 0. The van der Waals surface area contributed by atoms with Crippen LogP contribution in [0.15, 0.2) is 24.3 Å². The molecule has 1 saturated heterocycles. The third-order valence-corrected chi connectivity index (χ3v) is 4.28. The summed E-state index contributed by atoms with van der Waals surface area (Å²) in [5.74, 6) is -0.409. The lowest BCUT2D eigenvalue weighted by molar-refractivity contribution is 0.0695. The SMILES string of the molecule is O=C(O)c1ccccc1CC1CC2OSOC2C1. The molecule has 96 valence electrons. The van der Waals surface area contributed by atoms with E-state index >= 15 is 0 Å². The molecular formula is C13H14O4S. The standard InChI is InChI=1S/C13H14O4S/c14-13(15)10-4-2-1-3-9(10)5-8-6-11-12(7-8)17-18-16-11/h1-4,8,11-12H,5-7H2,(H,14,15). The van der Waals surface area contributed by atoms with Crippen molar-refractivity contribution in [2.75, 3.05) is 0 Å². The minimum atomic E-state index is -0.855. The summed E-state index contributed by atoms with van der Waals surface area (Å²) >= 11 is 1.09. The fourth-order valence-electron chi connectivity index (χ4n) is 2.77. The van der Waals surface area contributed by atoms with Crippen LogP contribution in [0.1, 0.15) is 28.8 Å². The van der Waals surface area contributed by atoms with E-state index in [2.05, 4.69) is 0 Å². The lowest BCUT2D eigenvalue weighted by Crippen LogP contribution is -2.13. The highest BCUT2D eigenvalue weighted by molar-refractivity contribution is 7.90. The molecule has 5 heteroatoms. The molecule has 0 amide bonds. The van der Waals surface area contributed by atoms with Crippen LogP contribution in [0.2, 0.25) is 0 Å². The Bertz CT molecular complexity index is 450. The Labute approximate surface area is 110 Å². The van der Waals surface area contributed by atoms with Crippen molar-refractivity contribution in [3.05, 3.63) is 35.4 Å². The average molecular weight is 266 g/mol. The molecule has 1 aromatic carbocycles. The Morgan fingerprint density at radius 3 is 2.61 bits per heavy atom. The first kappa shape index (κ1) is 12.0. The van der Waals surface area contributed by atoms with E-state index in [1.807, 2.05) is 12.1 Å². The van der Waals surface area contributed by atoms with E-state index in [-0.39, 0.29) is 12.2 Å². The Morgan fingerprint density at radius 2 is 1.94 bits per heavy atom. The van der Waals surface area contributed by atoms with Crippen molar-refractivity contribution >= 4 is 18.3 Å². The maximum absolute atomic E-state index is 11.1. The second-order valence-corrected chi connectivity index (χ2v) is 5.36. The summed E-state index contributed by atoms with van der Waals surface area (Å²) in [6, 6.07) is 7.21. The number of carboxylic acid groups (broad SMARTS) is 1. The van der Waals surface area contributed by atoms with Crippen LogP contribution in [-0.4, -0.2) is 23.3 Å². The fourth-order valence-corrected chi connectivity index (χ4v) is 3.42. The molecule has 0 aromatic heterocycles. The van der Waals surface area contributed by atoms with Gasteiger partial charge in [-0.05, 0) is 36.8 Å². The second-order valence-electron chi connectivity index (χ2n) is 4.84. The number of hydrogen-bond donors (Lipinski definition) is 1. The van der Waals surface area contributed by atoms with Crippen molar-refractivity contribution < 1.29 is 18.3 Å². The van der Waals surface area contributed by atoms with Gasteiger partial charge < -0.3 is 5.11 Å². The monoisotopic (exact) mass is 266 g/mol. The molecule has 1 N–H and O–H groups in total. The number of fused-ring (bicyclic) bond motifs is 1. The van der Waals surface area contributed by atoms with Gasteiger partial charge in [0.15, 0.2) is 12.3 Å². The highest BCUT2D eigenvalue weighted by Crippen LogP contribution is 2.41. The molecule has 0 bridgehead atoms. The highest BCUT2D eigenvalue weighted by Gasteiger charge is 2.41. The summed E-state index contributed by atoms with van der Waals surface area (Å²) in [7, 11) is 0. The number of hydrogen-bond acceptors (Lipinski definition) is 4. The van der Waals surface area contributed by atoms with Crippen LogP contribution in [0.25, 0.3) is 0 Å². The van der Waals surface area contributed by atoms with Crippen molar-refractivity contribution in [2.24, 2.45) is 5.92 Å². The van der Waals surface area contributed by atoms with Gasteiger partial charge in [0.2, 0.25) is 0 Å². The van der Waals surface area contributed by atoms with Gasteiger partial charge in [-0.1, -0.05) is 18.2 Å². The van der Waals surface area contributed by atoms with E-state index in [0.717, 1.165) is 37.1 Å². The van der Waals surface area contributed by atoms with Crippen molar-refractivity contribution in [2.45, 2.75) is 31.5 Å². The van der Waals surface area contributed by atoms with Crippen LogP contribution in [-0.2, 0) is 14.8 Å². The predicted molar refractivity (Wildman–Crippen MR) is 67.2 cm³/mol.